The quantitative estimate of drug-likeness (QED) is 0.731. The first-order valence-electron chi connectivity index (χ1n) is 8.53. The van der Waals surface area contributed by atoms with Crippen LogP contribution in [0.2, 0.25) is 0 Å². The fourth-order valence-electron chi connectivity index (χ4n) is 3.43. The van der Waals surface area contributed by atoms with Crippen LogP contribution in [-0.4, -0.2) is 49.1 Å². The Balaban J connectivity index is 1.70. The standard InChI is InChI=1S/C16H31N3O/c1-2-19(12-15-10-7-11-17-15)13-16(20)18-14-8-5-3-4-6-9-14/h14-15,17H,2-13H2,1H3,(H,18,20). The first kappa shape index (κ1) is 15.8. The lowest BCUT2D eigenvalue weighted by molar-refractivity contribution is -0.123. The number of nitrogens with zero attached hydrogens (tertiary/aromatic N) is 1. The van der Waals surface area contributed by atoms with E-state index in [0.717, 1.165) is 19.6 Å². The Morgan fingerprint density at radius 1 is 1.15 bits per heavy atom. The van der Waals surface area contributed by atoms with Gasteiger partial charge in [0.25, 0.3) is 0 Å². The van der Waals surface area contributed by atoms with Gasteiger partial charge in [0.05, 0.1) is 6.54 Å². The van der Waals surface area contributed by atoms with E-state index in [2.05, 4.69) is 22.5 Å². The van der Waals surface area contributed by atoms with Crippen molar-refractivity contribution in [1.29, 1.82) is 0 Å². The van der Waals surface area contributed by atoms with E-state index in [9.17, 15) is 4.79 Å². The lowest BCUT2D eigenvalue weighted by Gasteiger charge is -2.25. The van der Waals surface area contributed by atoms with Crippen LogP contribution in [0.5, 0.6) is 0 Å². The molecule has 2 fully saturated rings. The van der Waals surface area contributed by atoms with Gasteiger partial charge in [0, 0.05) is 18.6 Å². The molecule has 1 saturated carbocycles. The van der Waals surface area contributed by atoms with Gasteiger partial charge in [0.2, 0.25) is 5.91 Å². The molecule has 0 bridgehead atoms. The molecule has 0 spiro atoms. The van der Waals surface area contributed by atoms with E-state index in [1.54, 1.807) is 0 Å². The molecule has 1 saturated heterocycles. The summed E-state index contributed by atoms with van der Waals surface area (Å²) in [6.45, 7) is 5.81. The van der Waals surface area contributed by atoms with E-state index in [-0.39, 0.29) is 5.91 Å². The molecule has 1 aliphatic carbocycles. The van der Waals surface area contributed by atoms with Gasteiger partial charge >= 0.3 is 0 Å². The number of likely N-dealkylation sites (N-methyl/N-ethyl adjacent to an activating group) is 1. The van der Waals surface area contributed by atoms with Gasteiger partial charge in [0.15, 0.2) is 0 Å². The second-order valence-corrected chi connectivity index (χ2v) is 6.38. The Hall–Kier alpha value is -0.610. The van der Waals surface area contributed by atoms with Gasteiger partial charge in [-0.25, -0.2) is 0 Å². The molecule has 4 heteroatoms. The predicted molar refractivity (Wildman–Crippen MR) is 82.8 cm³/mol. The number of hydrogen-bond donors (Lipinski definition) is 2. The molecule has 0 aromatic rings. The van der Waals surface area contributed by atoms with Crippen LogP contribution in [0, 0.1) is 0 Å². The molecule has 20 heavy (non-hydrogen) atoms. The Morgan fingerprint density at radius 2 is 1.90 bits per heavy atom. The third kappa shape index (κ3) is 5.41. The zero-order valence-corrected chi connectivity index (χ0v) is 13.0. The fraction of sp³-hybridized carbons (Fsp3) is 0.938. The van der Waals surface area contributed by atoms with Crippen molar-refractivity contribution >= 4 is 5.91 Å². The first-order chi connectivity index (χ1) is 9.78. The average molecular weight is 281 g/mol. The number of rotatable bonds is 6. The summed E-state index contributed by atoms with van der Waals surface area (Å²) in [7, 11) is 0. The molecule has 0 radical (unpaired) electrons. The zero-order chi connectivity index (χ0) is 14.2. The topological polar surface area (TPSA) is 44.4 Å². The zero-order valence-electron chi connectivity index (χ0n) is 13.0. The molecular formula is C16H31N3O. The average Bonchev–Trinajstić information content (AvgIpc) is 2.81. The molecule has 1 amide bonds. The van der Waals surface area contributed by atoms with Crippen LogP contribution < -0.4 is 10.6 Å². The Bertz CT molecular complexity index is 281. The smallest absolute Gasteiger partial charge is 0.234 e. The lowest BCUT2D eigenvalue weighted by atomic mass is 10.1. The maximum Gasteiger partial charge on any atom is 0.234 e. The third-order valence-electron chi connectivity index (χ3n) is 4.68. The predicted octanol–water partition coefficient (Wildman–Crippen LogP) is 1.90. The molecule has 1 aliphatic heterocycles. The molecule has 2 N–H and O–H groups in total. The summed E-state index contributed by atoms with van der Waals surface area (Å²) in [5, 5.41) is 6.76. The van der Waals surface area contributed by atoms with Gasteiger partial charge < -0.3 is 10.6 Å². The van der Waals surface area contributed by atoms with Crippen molar-refractivity contribution in [3.63, 3.8) is 0 Å². The van der Waals surface area contributed by atoms with E-state index < -0.39 is 0 Å². The lowest BCUT2D eigenvalue weighted by Crippen LogP contribution is -2.45. The van der Waals surface area contributed by atoms with Gasteiger partial charge in [-0.2, -0.15) is 0 Å². The molecule has 1 atom stereocenters. The normalized spacial score (nSPS) is 24.8. The van der Waals surface area contributed by atoms with Gasteiger partial charge in [-0.05, 0) is 38.8 Å². The molecular weight excluding hydrogens is 250 g/mol. The van der Waals surface area contributed by atoms with Crippen LogP contribution in [-0.2, 0) is 4.79 Å². The molecule has 1 heterocycles. The number of amides is 1. The maximum absolute atomic E-state index is 12.2. The number of carbonyl (C=O) groups is 1. The summed E-state index contributed by atoms with van der Waals surface area (Å²) in [5.41, 5.74) is 0. The summed E-state index contributed by atoms with van der Waals surface area (Å²) >= 11 is 0. The molecule has 2 rings (SSSR count). The van der Waals surface area contributed by atoms with Gasteiger partial charge in [-0.3, -0.25) is 9.69 Å². The summed E-state index contributed by atoms with van der Waals surface area (Å²) in [4.78, 5) is 14.5. The minimum atomic E-state index is 0.219. The highest BCUT2D eigenvalue weighted by Crippen LogP contribution is 2.17. The fourth-order valence-corrected chi connectivity index (χ4v) is 3.43. The Labute approximate surface area is 123 Å². The van der Waals surface area contributed by atoms with Crippen molar-refractivity contribution in [3.05, 3.63) is 0 Å². The van der Waals surface area contributed by atoms with E-state index in [0.29, 0.717) is 18.6 Å². The molecule has 1 unspecified atom stereocenters. The second kappa shape index (κ2) is 8.63. The van der Waals surface area contributed by atoms with Crippen molar-refractivity contribution in [2.24, 2.45) is 0 Å². The SMILES string of the molecule is CCN(CC(=O)NC1CCCCCC1)CC1CCCN1. The van der Waals surface area contributed by atoms with Crippen LogP contribution >= 0.6 is 0 Å². The minimum Gasteiger partial charge on any atom is -0.352 e. The molecule has 4 nitrogen and oxygen atoms in total. The van der Waals surface area contributed by atoms with Crippen LogP contribution in [0.15, 0.2) is 0 Å². The summed E-state index contributed by atoms with van der Waals surface area (Å²) in [5.74, 6) is 0.219. The van der Waals surface area contributed by atoms with Crippen molar-refractivity contribution in [2.45, 2.75) is 70.4 Å². The van der Waals surface area contributed by atoms with E-state index in [1.807, 2.05) is 0 Å². The summed E-state index contributed by atoms with van der Waals surface area (Å²) in [6.07, 6.45) is 10.1. The van der Waals surface area contributed by atoms with Crippen molar-refractivity contribution in [1.82, 2.24) is 15.5 Å². The van der Waals surface area contributed by atoms with Crippen LogP contribution in [0.25, 0.3) is 0 Å². The Kier molecular flexibility index (Phi) is 6.80. The van der Waals surface area contributed by atoms with Gasteiger partial charge in [-0.15, -0.1) is 0 Å². The van der Waals surface area contributed by atoms with Crippen molar-refractivity contribution in [3.8, 4) is 0 Å². The summed E-state index contributed by atoms with van der Waals surface area (Å²) in [6, 6.07) is 1.01. The monoisotopic (exact) mass is 281 g/mol. The molecule has 0 aromatic heterocycles. The number of nitrogens with one attached hydrogen (secondary N) is 2. The number of hydrogen-bond acceptors (Lipinski definition) is 3. The van der Waals surface area contributed by atoms with E-state index in [1.165, 1.54) is 51.4 Å². The number of carbonyl (C=O) groups excluding carboxylic acids is 1. The Morgan fingerprint density at radius 3 is 2.50 bits per heavy atom. The molecule has 0 aromatic carbocycles. The molecule has 2 aliphatic rings. The molecule has 116 valence electrons. The summed E-state index contributed by atoms with van der Waals surface area (Å²) < 4.78 is 0. The highest BCUT2D eigenvalue weighted by molar-refractivity contribution is 5.78. The van der Waals surface area contributed by atoms with Crippen LogP contribution in [0.4, 0.5) is 0 Å². The first-order valence-corrected chi connectivity index (χ1v) is 8.53. The second-order valence-electron chi connectivity index (χ2n) is 6.38. The van der Waals surface area contributed by atoms with Gasteiger partial charge in [-0.1, -0.05) is 32.6 Å². The third-order valence-corrected chi connectivity index (χ3v) is 4.68. The highest BCUT2D eigenvalue weighted by Gasteiger charge is 2.20. The van der Waals surface area contributed by atoms with E-state index in [4.69, 9.17) is 0 Å². The van der Waals surface area contributed by atoms with Crippen LogP contribution in [0.1, 0.15) is 58.3 Å². The van der Waals surface area contributed by atoms with E-state index >= 15 is 0 Å². The van der Waals surface area contributed by atoms with Crippen LogP contribution in [0.3, 0.4) is 0 Å². The largest absolute Gasteiger partial charge is 0.352 e. The van der Waals surface area contributed by atoms with Crippen molar-refractivity contribution < 1.29 is 4.79 Å². The van der Waals surface area contributed by atoms with Gasteiger partial charge in [0.1, 0.15) is 0 Å². The van der Waals surface area contributed by atoms with Crippen molar-refractivity contribution in [2.75, 3.05) is 26.2 Å². The maximum atomic E-state index is 12.2. The highest BCUT2D eigenvalue weighted by atomic mass is 16.2. The minimum absolute atomic E-state index is 0.219.